The molecule has 0 aliphatic carbocycles. The third-order valence-electron chi connectivity index (χ3n) is 12.0. The number of ketones is 1. The number of amides is 4. The second-order valence-corrected chi connectivity index (χ2v) is 18.9. The highest BCUT2D eigenvalue weighted by Crippen LogP contribution is 2.35. The number of piperidine rings is 1. The van der Waals surface area contributed by atoms with E-state index in [9.17, 15) is 37.2 Å². The van der Waals surface area contributed by atoms with Crippen LogP contribution in [0.2, 0.25) is 0 Å². The fourth-order valence-corrected chi connectivity index (χ4v) is 9.53. The number of unbranched alkanes of at least 4 members (excludes halogenated alkanes) is 6. The molecule has 0 bridgehead atoms. The lowest BCUT2D eigenvalue weighted by molar-refractivity contribution is -0.125. The van der Waals surface area contributed by atoms with Crippen molar-refractivity contribution in [3.8, 4) is 23.0 Å². The van der Waals surface area contributed by atoms with E-state index in [1.807, 2.05) is 0 Å². The lowest BCUT2D eigenvalue weighted by Crippen LogP contribution is -2.51. The molecular formula is C48H55N7O11S. The Morgan fingerprint density at radius 3 is 2.24 bits per heavy atom. The van der Waals surface area contributed by atoms with Crippen molar-refractivity contribution >= 4 is 50.3 Å². The summed E-state index contributed by atoms with van der Waals surface area (Å²) >= 11 is 0. The van der Waals surface area contributed by atoms with Crippen molar-refractivity contribution < 1.29 is 46.6 Å². The zero-order valence-corrected chi connectivity index (χ0v) is 38.9. The first-order valence-corrected chi connectivity index (χ1v) is 23.9. The summed E-state index contributed by atoms with van der Waals surface area (Å²) in [5.41, 5.74) is 1.91. The number of Topliss-reactive ketones (excluding diaryl/α,β-unsaturated/α-hetero) is 1. The van der Waals surface area contributed by atoms with Crippen LogP contribution in [0.4, 0.5) is 0 Å². The average molecular weight is 938 g/mol. The average Bonchev–Trinajstić information content (AvgIpc) is 3.85. The van der Waals surface area contributed by atoms with Crippen LogP contribution in [0, 0.1) is 6.92 Å². The minimum Gasteiger partial charge on any atom is -0.485 e. The number of rotatable bonds is 22. The van der Waals surface area contributed by atoms with Crippen molar-refractivity contribution in [2.45, 2.75) is 88.0 Å². The number of ether oxygens (including phenoxy) is 3. The summed E-state index contributed by atoms with van der Waals surface area (Å²) in [6.45, 7) is 5.49. The van der Waals surface area contributed by atoms with Crippen LogP contribution in [0.25, 0.3) is 11.0 Å². The van der Waals surface area contributed by atoms with Crippen LogP contribution >= 0.6 is 0 Å². The van der Waals surface area contributed by atoms with Crippen LogP contribution < -0.4 is 30.5 Å². The molecule has 2 N–H and O–H groups in total. The molecule has 67 heavy (non-hydrogen) atoms. The zero-order chi connectivity index (χ0) is 48.0. The summed E-state index contributed by atoms with van der Waals surface area (Å²) in [5, 5.41) is 5.42. The van der Waals surface area contributed by atoms with E-state index in [0.717, 1.165) is 43.4 Å². The van der Waals surface area contributed by atoms with Gasteiger partial charge in [0.2, 0.25) is 15.7 Å². The number of imidazole rings is 2. The fraction of sp³-hybridized carbons (Fsp3) is 0.396. The summed E-state index contributed by atoms with van der Waals surface area (Å²) in [5.74, 6) is -0.837. The van der Waals surface area contributed by atoms with Gasteiger partial charge in [-0.3, -0.25) is 38.0 Å². The van der Waals surface area contributed by atoms with Gasteiger partial charge in [-0.15, -0.1) is 0 Å². The first kappa shape index (κ1) is 47.9. The SMILES string of the molecule is C=C1CCC(N2C(=O)c3cccc(OCC(=O)CCCCCCCCCNC(=O)COc4cccc(Oc5cc6c(cc5CS(=O)(=O)c5cn(C)c(C)n5)n(C)c(=O)n6C)c4)c3C2=O)C(=O)N1. The fourth-order valence-electron chi connectivity index (χ4n) is 8.16. The Hall–Kier alpha value is -7.02. The number of carbonyl (C=O) groups is 5. The van der Waals surface area contributed by atoms with E-state index >= 15 is 0 Å². The maximum Gasteiger partial charge on any atom is 0.328 e. The Morgan fingerprint density at radius 1 is 0.836 bits per heavy atom. The van der Waals surface area contributed by atoms with Crippen LogP contribution in [-0.2, 0) is 51.1 Å². The van der Waals surface area contributed by atoms with Crippen LogP contribution in [0.1, 0.15) is 96.3 Å². The van der Waals surface area contributed by atoms with Crippen LogP contribution in [0.3, 0.4) is 0 Å². The van der Waals surface area contributed by atoms with Gasteiger partial charge < -0.3 is 29.4 Å². The molecule has 0 radical (unpaired) electrons. The lowest BCUT2D eigenvalue weighted by atomic mass is 10.0. The Bertz CT molecular complexity index is 2910. The molecule has 4 heterocycles. The van der Waals surface area contributed by atoms with Crippen molar-refractivity contribution in [1.29, 1.82) is 0 Å². The zero-order valence-electron chi connectivity index (χ0n) is 38.1. The van der Waals surface area contributed by atoms with Crippen molar-refractivity contribution in [1.82, 2.24) is 34.2 Å². The molecule has 1 saturated heterocycles. The molecule has 2 aliphatic rings. The number of allylic oxidation sites excluding steroid dienone is 1. The molecule has 2 aliphatic heterocycles. The van der Waals surface area contributed by atoms with E-state index in [-0.39, 0.29) is 64.7 Å². The number of imide groups is 1. The highest BCUT2D eigenvalue weighted by atomic mass is 32.2. The second kappa shape index (κ2) is 20.7. The summed E-state index contributed by atoms with van der Waals surface area (Å²) in [4.78, 5) is 82.1. The molecule has 0 spiro atoms. The first-order chi connectivity index (χ1) is 32.0. The number of aryl methyl sites for hydroxylation is 4. The van der Waals surface area contributed by atoms with Gasteiger partial charge in [0.15, 0.2) is 17.4 Å². The second-order valence-electron chi connectivity index (χ2n) is 16.9. The van der Waals surface area contributed by atoms with Crippen LogP contribution in [-0.4, -0.2) is 87.2 Å². The number of hydrogen-bond acceptors (Lipinski definition) is 12. The van der Waals surface area contributed by atoms with Gasteiger partial charge in [-0.2, -0.15) is 0 Å². The smallest absolute Gasteiger partial charge is 0.328 e. The molecule has 19 heteroatoms. The normalized spacial score (nSPS) is 14.9. The first-order valence-electron chi connectivity index (χ1n) is 22.2. The Kier molecular flexibility index (Phi) is 14.8. The molecular weight excluding hydrogens is 883 g/mol. The number of nitrogens with zero attached hydrogens (tertiary/aromatic N) is 5. The summed E-state index contributed by atoms with van der Waals surface area (Å²) < 4.78 is 49.3. The van der Waals surface area contributed by atoms with E-state index in [1.165, 1.54) is 21.4 Å². The number of carbonyl (C=O) groups excluding carboxylic acids is 5. The molecule has 1 fully saturated rings. The largest absolute Gasteiger partial charge is 0.485 e. The number of hydrogen-bond donors (Lipinski definition) is 2. The van der Waals surface area contributed by atoms with Gasteiger partial charge in [-0.1, -0.05) is 50.8 Å². The molecule has 4 amide bonds. The molecule has 354 valence electrons. The highest BCUT2D eigenvalue weighted by Gasteiger charge is 2.45. The lowest BCUT2D eigenvalue weighted by Gasteiger charge is -2.29. The minimum absolute atomic E-state index is 0.0657. The third kappa shape index (κ3) is 11.0. The van der Waals surface area contributed by atoms with Gasteiger partial charge in [0.1, 0.15) is 41.5 Å². The summed E-state index contributed by atoms with van der Waals surface area (Å²) in [7, 11) is 1.07. The molecule has 3 aromatic carbocycles. The molecule has 1 atom stereocenters. The predicted molar refractivity (Wildman–Crippen MR) is 247 cm³/mol. The molecule has 2 aromatic heterocycles. The molecule has 7 rings (SSSR count). The van der Waals surface area contributed by atoms with E-state index in [4.69, 9.17) is 14.2 Å². The quantitative estimate of drug-likeness (QED) is 0.0664. The number of sulfone groups is 1. The Labute approximate surface area is 387 Å². The van der Waals surface area contributed by atoms with Gasteiger partial charge in [-0.05, 0) is 62.9 Å². The maximum atomic E-state index is 13.5. The Balaban J connectivity index is 0.789. The standard InChI is InChI=1S/C48H55N7O11S/c1-30-20-21-37(45(58)50-30)55-46(59)36-18-14-19-40(44(36)47(55)60)65-27-33(56)15-11-9-7-6-8-10-12-22-49-42(57)28-64-34-16-13-17-35(24-34)66-41-25-39-38(53(4)48(61)54(39)5)23-32(41)29-67(62,63)43-26-52(3)31(2)51-43/h13-14,16-19,23-26,37H,1,6-12,15,20-22,27-29H2,2-5H3,(H,49,57)(H,50,58). The van der Waals surface area contributed by atoms with Gasteiger partial charge in [0, 0.05) is 63.7 Å². The monoisotopic (exact) mass is 937 g/mol. The topological polar surface area (TPSA) is 219 Å². The van der Waals surface area contributed by atoms with Crippen LogP contribution in [0.5, 0.6) is 23.0 Å². The minimum atomic E-state index is -3.89. The molecule has 18 nitrogen and oxygen atoms in total. The van der Waals surface area contributed by atoms with E-state index < -0.39 is 39.4 Å². The number of nitrogens with one attached hydrogen (secondary N) is 2. The Morgan fingerprint density at radius 2 is 1.52 bits per heavy atom. The van der Waals surface area contributed by atoms with E-state index in [2.05, 4.69) is 22.2 Å². The summed E-state index contributed by atoms with van der Waals surface area (Å²) in [6.07, 6.45) is 8.69. The highest BCUT2D eigenvalue weighted by molar-refractivity contribution is 7.90. The van der Waals surface area contributed by atoms with Gasteiger partial charge in [0.25, 0.3) is 17.7 Å². The number of aromatic nitrogens is 4. The van der Waals surface area contributed by atoms with Gasteiger partial charge >= 0.3 is 5.69 Å². The number of fused-ring (bicyclic) bond motifs is 2. The van der Waals surface area contributed by atoms with Crippen LogP contribution in [0.15, 0.2) is 82.9 Å². The van der Waals surface area contributed by atoms with Gasteiger partial charge in [0.05, 0.1) is 27.9 Å². The summed E-state index contributed by atoms with van der Waals surface area (Å²) in [6, 6.07) is 13.6. The molecule has 1 unspecified atom stereocenters. The van der Waals surface area contributed by atoms with Crippen molar-refractivity contribution in [2.24, 2.45) is 21.1 Å². The van der Waals surface area contributed by atoms with Crippen molar-refractivity contribution in [3.05, 3.63) is 106 Å². The third-order valence-corrected chi connectivity index (χ3v) is 13.5. The van der Waals surface area contributed by atoms with Crippen molar-refractivity contribution in [3.63, 3.8) is 0 Å². The predicted octanol–water partition coefficient (Wildman–Crippen LogP) is 5.34. The van der Waals surface area contributed by atoms with E-state index in [1.54, 1.807) is 81.2 Å². The molecule has 5 aromatic rings. The molecule has 0 saturated carbocycles. The maximum absolute atomic E-state index is 13.5. The van der Waals surface area contributed by atoms with Crippen molar-refractivity contribution in [2.75, 3.05) is 19.8 Å². The van der Waals surface area contributed by atoms with E-state index in [0.29, 0.717) is 65.4 Å². The van der Waals surface area contributed by atoms with Gasteiger partial charge in [-0.25, -0.2) is 18.2 Å². The number of benzene rings is 3.